The lowest BCUT2D eigenvalue weighted by molar-refractivity contribution is -0.134. The van der Waals surface area contributed by atoms with Crippen molar-refractivity contribution in [2.75, 3.05) is 19.7 Å². The number of amides is 1. The minimum absolute atomic E-state index is 0.00584. The van der Waals surface area contributed by atoms with Crippen molar-refractivity contribution in [3.63, 3.8) is 0 Å². The molecule has 0 spiro atoms. The predicted molar refractivity (Wildman–Crippen MR) is 105 cm³/mol. The molecule has 1 aliphatic heterocycles. The topological polar surface area (TPSA) is 59.5 Å². The summed E-state index contributed by atoms with van der Waals surface area (Å²) >= 11 is 1.76. The average Bonchev–Trinajstić information content (AvgIpc) is 3.16. The Kier molecular flexibility index (Phi) is 5.16. The van der Waals surface area contributed by atoms with E-state index >= 15 is 0 Å². The molecule has 0 aliphatic carbocycles. The Labute approximate surface area is 161 Å². The van der Waals surface area contributed by atoms with Gasteiger partial charge in [0.05, 0.1) is 15.2 Å². The van der Waals surface area contributed by atoms with E-state index in [1.165, 1.54) is 9.71 Å². The molecule has 0 radical (unpaired) electrons. The molecule has 5 nitrogen and oxygen atoms in total. The van der Waals surface area contributed by atoms with Gasteiger partial charge in [-0.05, 0) is 37.1 Å². The Bertz CT molecular complexity index is 928. The van der Waals surface area contributed by atoms with Crippen LogP contribution in [0.15, 0.2) is 48.5 Å². The number of carbonyl (C=O) groups excluding carboxylic acids is 2. The number of hydrogen-bond acceptors (Lipinski definition) is 5. The summed E-state index contributed by atoms with van der Waals surface area (Å²) in [5.74, 6) is 0.934. The van der Waals surface area contributed by atoms with Gasteiger partial charge < -0.3 is 9.64 Å². The second kappa shape index (κ2) is 7.88. The molecule has 0 unspecified atom stereocenters. The minimum atomic E-state index is -0.0192. The molecule has 1 aromatic heterocycles. The Morgan fingerprint density at radius 2 is 2.00 bits per heavy atom. The van der Waals surface area contributed by atoms with Crippen LogP contribution < -0.4 is 4.74 Å². The van der Waals surface area contributed by atoms with Crippen molar-refractivity contribution in [2.45, 2.75) is 18.8 Å². The van der Waals surface area contributed by atoms with Crippen LogP contribution in [0.1, 0.15) is 34.1 Å². The molecule has 0 N–H and O–H groups in total. The van der Waals surface area contributed by atoms with Gasteiger partial charge >= 0.3 is 0 Å². The Balaban J connectivity index is 1.31. The lowest BCUT2D eigenvalue weighted by Gasteiger charge is -2.31. The molecule has 138 valence electrons. The van der Waals surface area contributed by atoms with E-state index in [-0.39, 0.29) is 12.5 Å². The van der Waals surface area contributed by atoms with Gasteiger partial charge in [0, 0.05) is 24.6 Å². The number of rotatable bonds is 5. The highest BCUT2D eigenvalue weighted by atomic mass is 32.1. The van der Waals surface area contributed by atoms with E-state index in [2.05, 4.69) is 6.07 Å². The van der Waals surface area contributed by atoms with Gasteiger partial charge in [0.25, 0.3) is 5.91 Å². The summed E-state index contributed by atoms with van der Waals surface area (Å²) in [6, 6.07) is 15.0. The lowest BCUT2D eigenvalue weighted by Crippen LogP contribution is -2.40. The van der Waals surface area contributed by atoms with Gasteiger partial charge in [0.15, 0.2) is 6.61 Å². The molecule has 1 fully saturated rings. The average molecular weight is 380 g/mol. The van der Waals surface area contributed by atoms with Crippen molar-refractivity contribution in [3.05, 3.63) is 59.1 Å². The fraction of sp³-hybridized carbons (Fsp3) is 0.286. The fourth-order valence-electron chi connectivity index (χ4n) is 3.35. The van der Waals surface area contributed by atoms with Crippen LogP contribution in [0.4, 0.5) is 0 Å². The van der Waals surface area contributed by atoms with E-state index in [9.17, 15) is 9.59 Å². The van der Waals surface area contributed by atoms with Crippen LogP contribution in [0.2, 0.25) is 0 Å². The van der Waals surface area contributed by atoms with E-state index < -0.39 is 0 Å². The van der Waals surface area contributed by atoms with Crippen LogP contribution in [-0.4, -0.2) is 41.8 Å². The van der Waals surface area contributed by atoms with Crippen LogP contribution in [-0.2, 0) is 4.79 Å². The van der Waals surface area contributed by atoms with Crippen LogP contribution >= 0.6 is 11.3 Å². The number of ether oxygens (including phenoxy) is 1. The van der Waals surface area contributed by atoms with Gasteiger partial charge in [-0.3, -0.25) is 9.59 Å². The van der Waals surface area contributed by atoms with Gasteiger partial charge in [0.2, 0.25) is 0 Å². The summed E-state index contributed by atoms with van der Waals surface area (Å²) in [4.78, 5) is 29.9. The molecule has 2 heterocycles. The highest BCUT2D eigenvalue weighted by Crippen LogP contribution is 2.33. The van der Waals surface area contributed by atoms with E-state index in [4.69, 9.17) is 9.72 Å². The number of hydrogen-bond donors (Lipinski definition) is 0. The lowest BCUT2D eigenvalue weighted by atomic mass is 9.97. The predicted octanol–water partition coefficient (Wildman–Crippen LogP) is 3.89. The van der Waals surface area contributed by atoms with Crippen molar-refractivity contribution in [2.24, 2.45) is 0 Å². The number of para-hydroxylation sites is 1. The number of piperidine rings is 1. The molecule has 0 atom stereocenters. The third kappa shape index (κ3) is 4.01. The number of benzene rings is 2. The van der Waals surface area contributed by atoms with E-state index in [1.807, 2.05) is 23.1 Å². The van der Waals surface area contributed by atoms with Gasteiger partial charge in [-0.1, -0.05) is 24.3 Å². The molecule has 4 rings (SSSR count). The van der Waals surface area contributed by atoms with E-state index in [0.717, 1.165) is 37.7 Å². The largest absolute Gasteiger partial charge is 0.484 e. The maximum absolute atomic E-state index is 12.4. The molecule has 3 aromatic rings. The molecule has 0 saturated carbocycles. The zero-order chi connectivity index (χ0) is 18.6. The number of aldehydes is 1. The van der Waals surface area contributed by atoms with Crippen LogP contribution in [0, 0.1) is 0 Å². The highest BCUT2D eigenvalue weighted by Gasteiger charge is 2.26. The number of fused-ring (bicyclic) bond motifs is 1. The van der Waals surface area contributed by atoms with Crippen LogP contribution in [0.5, 0.6) is 5.75 Å². The van der Waals surface area contributed by atoms with Gasteiger partial charge in [-0.25, -0.2) is 4.98 Å². The maximum atomic E-state index is 12.4. The molecule has 27 heavy (non-hydrogen) atoms. The van der Waals surface area contributed by atoms with Gasteiger partial charge in [-0.2, -0.15) is 0 Å². The minimum Gasteiger partial charge on any atom is -0.484 e. The number of nitrogens with zero attached hydrogens (tertiary/aromatic N) is 2. The summed E-state index contributed by atoms with van der Waals surface area (Å²) in [6.07, 6.45) is 2.61. The third-order valence-corrected chi connectivity index (χ3v) is 6.06. The van der Waals surface area contributed by atoms with Crippen LogP contribution in [0.25, 0.3) is 10.2 Å². The third-order valence-electron chi connectivity index (χ3n) is 4.86. The van der Waals surface area contributed by atoms with E-state index in [1.54, 1.807) is 35.6 Å². The smallest absolute Gasteiger partial charge is 0.260 e. The molecular weight excluding hydrogens is 360 g/mol. The SMILES string of the molecule is O=Cc1cccc(OCC(=O)N2CCC(c3nc4ccccc4s3)CC2)c1. The first kappa shape index (κ1) is 17.7. The summed E-state index contributed by atoms with van der Waals surface area (Å²) in [7, 11) is 0. The van der Waals surface area contributed by atoms with Crippen molar-refractivity contribution in [1.82, 2.24) is 9.88 Å². The standard InChI is InChI=1S/C21H20N2O3S/c24-13-15-4-3-5-17(12-15)26-14-20(25)23-10-8-16(9-11-23)21-22-18-6-1-2-7-19(18)27-21/h1-7,12-13,16H,8-11,14H2. The first-order valence-electron chi connectivity index (χ1n) is 9.04. The van der Waals surface area contributed by atoms with Crippen molar-refractivity contribution in [3.8, 4) is 5.75 Å². The first-order valence-corrected chi connectivity index (χ1v) is 9.86. The number of carbonyl (C=O) groups is 2. The van der Waals surface area contributed by atoms with Crippen LogP contribution in [0.3, 0.4) is 0 Å². The molecular formula is C21H20N2O3S. The Hall–Kier alpha value is -2.73. The summed E-state index contributed by atoms with van der Waals surface area (Å²) in [6.45, 7) is 1.43. The Morgan fingerprint density at radius 3 is 2.78 bits per heavy atom. The summed E-state index contributed by atoms with van der Waals surface area (Å²) < 4.78 is 6.77. The Morgan fingerprint density at radius 1 is 1.19 bits per heavy atom. The summed E-state index contributed by atoms with van der Waals surface area (Å²) in [5.41, 5.74) is 1.60. The first-order chi connectivity index (χ1) is 13.2. The zero-order valence-electron chi connectivity index (χ0n) is 14.8. The van der Waals surface area contributed by atoms with Crippen molar-refractivity contribution in [1.29, 1.82) is 0 Å². The maximum Gasteiger partial charge on any atom is 0.260 e. The fourth-order valence-corrected chi connectivity index (χ4v) is 4.49. The second-order valence-electron chi connectivity index (χ2n) is 6.65. The quantitative estimate of drug-likeness (QED) is 0.630. The highest BCUT2D eigenvalue weighted by molar-refractivity contribution is 7.18. The molecule has 0 bridgehead atoms. The molecule has 1 aliphatic rings. The number of thiazole rings is 1. The molecule has 1 saturated heterocycles. The molecule has 6 heteroatoms. The van der Waals surface area contributed by atoms with Crippen molar-refractivity contribution < 1.29 is 14.3 Å². The van der Waals surface area contributed by atoms with Gasteiger partial charge in [-0.15, -0.1) is 11.3 Å². The molecule has 2 aromatic carbocycles. The normalized spacial score (nSPS) is 15.0. The summed E-state index contributed by atoms with van der Waals surface area (Å²) in [5, 5.41) is 1.17. The number of likely N-dealkylation sites (tertiary alicyclic amines) is 1. The number of aromatic nitrogens is 1. The molecule has 1 amide bonds. The second-order valence-corrected chi connectivity index (χ2v) is 7.72. The van der Waals surface area contributed by atoms with E-state index in [0.29, 0.717) is 17.2 Å². The van der Waals surface area contributed by atoms with Gasteiger partial charge in [0.1, 0.15) is 12.0 Å². The monoisotopic (exact) mass is 380 g/mol. The zero-order valence-corrected chi connectivity index (χ0v) is 15.7. The van der Waals surface area contributed by atoms with Crippen molar-refractivity contribution >= 4 is 33.7 Å².